The zero-order valence-electron chi connectivity index (χ0n) is 15.7. The molecule has 0 aliphatic heterocycles. The van der Waals surface area contributed by atoms with Crippen LogP contribution in [-0.2, 0) is 11.3 Å². The number of carbonyl (C=O) groups is 3. The summed E-state index contributed by atoms with van der Waals surface area (Å²) in [6.07, 6.45) is 0. The van der Waals surface area contributed by atoms with Crippen LogP contribution in [0.25, 0.3) is 0 Å². The van der Waals surface area contributed by atoms with Gasteiger partial charge in [-0.1, -0.05) is 41.9 Å². The number of benzene rings is 2. The van der Waals surface area contributed by atoms with E-state index in [4.69, 9.17) is 23.1 Å². The Bertz CT molecular complexity index is 1070. The number of amides is 3. The molecule has 10 heteroatoms. The van der Waals surface area contributed by atoms with Crippen LogP contribution in [0.3, 0.4) is 0 Å². The van der Waals surface area contributed by atoms with Gasteiger partial charge in [-0.25, -0.2) is 0 Å². The van der Waals surface area contributed by atoms with Gasteiger partial charge in [0.1, 0.15) is 11.4 Å². The summed E-state index contributed by atoms with van der Waals surface area (Å²) in [6, 6.07) is 15.8. The summed E-state index contributed by atoms with van der Waals surface area (Å²) >= 11 is 6.69. The molecule has 0 aliphatic carbocycles. The molecule has 0 unspecified atom stereocenters. The first-order valence-electron chi connectivity index (χ1n) is 8.80. The first-order valence-corrected chi connectivity index (χ1v) is 9.95. The Morgan fingerprint density at radius 3 is 2.33 bits per heavy atom. The normalized spacial score (nSPS) is 10.4. The zero-order valence-corrected chi connectivity index (χ0v) is 17.2. The van der Waals surface area contributed by atoms with Crippen LogP contribution in [0, 0.1) is 0 Å². The topological polar surface area (TPSA) is 131 Å². The number of nitrogens with two attached hydrogens (primary N) is 2. The molecule has 1 aromatic heterocycles. The van der Waals surface area contributed by atoms with Crippen molar-refractivity contribution in [2.45, 2.75) is 6.54 Å². The van der Waals surface area contributed by atoms with Gasteiger partial charge in [-0.2, -0.15) is 4.37 Å². The Hall–Kier alpha value is -3.43. The quantitative estimate of drug-likeness (QED) is 0.516. The average Bonchev–Trinajstić information content (AvgIpc) is 3.13. The summed E-state index contributed by atoms with van der Waals surface area (Å²) in [7, 11) is 0. The van der Waals surface area contributed by atoms with Crippen LogP contribution in [-0.4, -0.2) is 28.6 Å². The lowest BCUT2D eigenvalue weighted by Gasteiger charge is -2.22. The van der Waals surface area contributed by atoms with Crippen LogP contribution in [0.1, 0.15) is 25.7 Å². The molecular formula is C20H18ClN5O3S. The maximum absolute atomic E-state index is 13.1. The van der Waals surface area contributed by atoms with Crippen LogP contribution >= 0.6 is 23.1 Å². The van der Waals surface area contributed by atoms with Crippen LogP contribution in [0.15, 0.2) is 54.6 Å². The lowest BCUT2D eigenvalue weighted by Crippen LogP contribution is -2.40. The van der Waals surface area contributed by atoms with E-state index < -0.39 is 11.8 Å². The molecule has 8 nitrogen and oxygen atoms in total. The van der Waals surface area contributed by atoms with E-state index in [1.165, 1.54) is 4.90 Å². The second-order valence-electron chi connectivity index (χ2n) is 6.27. The maximum atomic E-state index is 13.1. The molecule has 154 valence electrons. The number of halogens is 1. The van der Waals surface area contributed by atoms with Gasteiger partial charge in [0, 0.05) is 17.3 Å². The molecule has 0 saturated carbocycles. The molecule has 0 bridgehead atoms. The fourth-order valence-corrected chi connectivity index (χ4v) is 3.53. The van der Waals surface area contributed by atoms with E-state index in [0.717, 1.165) is 17.1 Å². The molecule has 3 rings (SSSR count). The molecule has 0 radical (unpaired) electrons. The predicted molar refractivity (Wildman–Crippen MR) is 116 cm³/mol. The molecule has 2 aromatic carbocycles. The minimum atomic E-state index is -0.832. The minimum absolute atomic E-state index is 0.0228. The fraction of sp³-hybridized carbons (Fsp3) is 0.100. The molecular weight excluding hydrogens is 426 g/mol. The van der Waals surface area contributed by atoms with E-state index in [0.29, 0.717) is 17.3 Å². The number of anilines is 2. The maximum Gasteiger partial charge on any atom is 0.272 e. The summed E-state index contributed by atoms with van der Waals surface area (Å²) in [5.74, 6) is -1.78. The molecule has 30 heavy (non-hydrogen) atoms. The first-order chi connectivity index (χ1) is 14.4. The second-order valence-corrected chi connectivity index (χ2v) is 7.48. The molecule has 5 N–H and O–H groups in total. The van der Waals surface area contributed by atoms with Crippen molar-refractivity contribution in [1.29, 1.82) is 0 Å². The third-order valence-electron chi connectivity index (χ3n) is 4.17. The van der Waals surface area contributed by atoms with Gasteiger partial charge >= 0.3 is 0 Å². The number of nitrogens with one attached hydrogen (secondary N) is 1. The Morgan fingerprint density at radius 2 is 1.73 bits per heavy atom. The van der Waals surface area contributed by atoms with E-state index in [1.54, 1.807) is 24.3 Å². The van der Waals surface area contributed by atoms with Crippen molar-refractivity contribution in [1.82, 2.24) is 9.69 Å². The van der Waals surface area contributed by atoms with Crippen LogP contribution in [0.2, 0.25) is 5.02 Å². The number of hydrogen-bond acceptors (Lipinski definition) is 6. The highest BCUT2D eigenvalue weighted by molar-refractivity contribution is 7.09. The van der Waals surface area contributed by atoms with E-state index in [2.05, 4.69) is 9.69 Å². The van der Waals surface area contributed by atoms with Gasteiger partial charge in [0.25, 0.3) is 11.8 Å². The molecule has 0 fully saturated rings. The highest BCUT2D eigenvalue weighted by Gasteiger charge is 2.27. The van der Waals surface area contributed by atoms with Crippen molar-refractivity contribution in [3.63, 3.8) is 0 Å². The number of nitrogen functional groups attached to an aromatic ring is 1. The monoisotopic (exact) mass is 443 g/mol. The smallest absolute Gasteiger partial charge is 0.272 e. The standard InChI is InChI=1S/C20H18ClN5O3S/c21-13-6-8-14(9-7-13)26(11-15(27)24-10-12-4-2-1-3-5-12)20(29)18-16(22)17(19(23)28)25-30-18/h1-9H,10-11,22H2,(H2,23,28)(H,24,27). The lowest BCUT2D eigenvalue weighted by molar-refractivity contribution is -0.119. The van der Waals surface area contributed by atoms with E-state index >= 15 is 0 Å². The predicted octanol–water partition coefficient (Wildman–Crippen LogP) is 2.44. The Morgan fingerprint density at radius 1 is 1.07 bits per heavy atom. The Labute approximate surface area is 181 Å². The largest absolute Gasteiger partial charge is 0.395 e. The van der Waals surface area contributed by atoms with Gasteiger partial charge < -0.3 is 16.8 Å². The second kappa shape index (κ2) is 9.38. The third-order valence-corrected chi connectivity index (χ3v) is 5.28. The minimum Gasteiger partial charge on any atom is -0.395 e. The molecule has 1 heterocycles. The number of hydrogen-bond donors (Lipinski definition) is 3. The van der Waals surface area contributed by atoms with Crippen molar-refractivity contribution >= 4 is 52.2 Å². The van der Waals surface area contributed by atoms with Gasteiger partial charge in [-0.3, -0.25) is 19.3 Å². The van der Waals surface area contributed by atoms with Gasteiger partial charge in [-0.05, 0) is 41.4 Å². The van der Waals surface area contributed by atoms with Crippen molar-refractivity contribution < 1.29 is 14.4 Å². The lowest BCUT2D eigenvalue weighted by atomic mass is 10.2. The van der Waals surface area contributed by atoms with E-state index in [-0.39, 0.29) is 28.7 Å². The molecule has 3 amide bonds. The van der Waals surface area contributed by atoms with Crippen molar-refractivity contribution in [3.8, 4) is 0 Å². The molecule has 0 saturated heterocycles. The number of carbonyl (C=O) groups excluding carboxylic acids is 3. The summed E-state index contributed by atoms with van der Waals surface area (Å²) in [5, 5.41) is 3.26. The van der Waals surface area contributed by atoms with Gasteiger partial charge in [0.15, 0.2) is 5.69 Å². The Kier molecular flexibility index (Phi) is 6.65. The highest BCUT2D eigenvalue weighted by atomic mass is 35.5. The summed E-state index contributed by atoms with van der Waals surface area (Å²) in [4.78, 5) is 38.4. The molecule has 3 aromatic rings. The third kappa shape index (κ3) is 4.94. The molecule has 0 atom stereocenters. The van der Waals surface area contributed by atoms with Crippen LogP contribution in [0.5, 0.6) is 0 Å². The zero-order chi connectivity index (χ0) is 21.7. The van der Waals surface area contributed by atoms with Gasteiger partial charge in [0.05, 0.1) is 5.69 Å². The number of rotatable bonds is 7. The average molecular weight is 444 g/mol. The van der Waals surface area contributed by atoms with Crippen LogP contribution in [0.4, 0.5) is 11.4 Å². The molecule has 0 aliphatic rings. The number of primary amides is 1. The van der Waals surface area contributed by atoms with E-state index in [1.807, 2.05) is 30.3 Å². The summed E-state index contributed by atoms with van der Waals surface area (Å²) in [5.41, 5.74) is 12.2. The number of aromatic nitrogens is 1. The van der Waals surface area contributed by atoms with Crippen molar-refractivity contribution in [2.75, 3.05) is 17.2 Å². The van der Waals surface area contributed by atoms with Gasteiger partial charge in [0.2, 0.25) is 5.91 Å². The Balaban J connectivity index is 1.83. The van der Waals surface area contributed by atoms with Crippen LogP contribution < -0.4 is 21.7 Å². The van der Waals surface area contributed by atoms with E-state index in [9.17, 15) is 14.4 Å². The SMILES string of the molecule is NC(=O)c1nsc(C(=O)N(CC(=O)NCc2ccccc2)c2ccc(Cl)cc2)c1N. The highest BCUT2D eigenvalue weighted by Crippen LogP contribution is 2.26. The first kappa shape index (κ1) is 21.3. The summed E-state index contributed by atoms with van der Waals surface area (Å²) in [6.45, 7) is 0.0490. The summed E-state index contributed by atoms with van der Waals surface area (Å²) < 4.78 is 3.85. The fourth-order valence-electron chi connectivity index (χ4n) is 2.65. The number of nitrogens with zero attached hydrogens (tertiary/aromatic N) is 2. The van der Waals surface area contributed by atoms with Gasteiger partial charge in [-0.15, -0.1) is 0 Å². The molecule has 0 spiro atoms. The van der Waals surface area contributed by atoms with Crippen molar-refractivity contribution in [2.24, 2.45) is 5.73 Å². The van der Waals surface area contributed by atoms with Crippen molar-refractivity contribution in [3.05, 3.63) is 75.8 Å².